The zero-order valence-electron chi connectivity index (χ0n) is 9.30. The molecule has 0 heterocycles. The highest BCUT2D eigenvalue weighted by Crippen LogP contribution is 2.06. The Morgan fingerprint density at radius 3 is 2.62 bits per heavy atom. The van der Waals surface area contributed by atoms with Gasteiger partial charge in [-0.2, -0.15) is 0 Å². The number of hydrogen-bond acceptors (Lipinski definition) is 3. The van der Waals surface area contributed by atoms with Crippen molar-refractivity contribution in [3.63, 3.8) is 0 Å². The molecule has 16 heavy (non-hydrogen) atoms. The maximum absolute atomic E-state index is 10.5. The van der Waals surface area contributed by atoms with Crippen LogP contribution in [0.3, 0.4) is 0 Å². The van der Waals surface area contributed by atoms with E-state index < -0.39 is 12.0 Å². The zero-order chi connectivity index (χ0) is 12.0. The SMILES string of the molecule is C[C@@H](OCc1ccccc1)[C@H](N)CC(=O)O. The number of rotatable bonds is 6. The first kappa shape index (κ1) is 12.7. The molecule has 0 bridgehead atoms. The number of hydrogen-bond donors (Lipinski definition) is 2. The number of nitrogens with two attached hydrogens (primary N) is 1. The second-order valence-electron chi connectivity index (χ2n) is 3.76. The van der Waals surface area contributed by atoms with Gasteiger partial charge in [-0.25, -0.2) is 0 Å². The molecule has 0 aliphatic carbocycles. The molecule has 1 aromatic carbocycles. The monoisotopic (exact) mass is 223 g/mol. The summed E-state index contributed by atoms with van der Waals surface area (Å²) in [4.78, 5) is 10.5. The molecule has 0 amide bonds. The van der Waals surface area contributed by atoms with E-state index in [2.05, 4.69) is 0 Å². The fraction of sp³-hybridized carbons (Fsp3) is 0.417. The Balaban J connectivity index is 2.35. The lowest BCUT2D eigenvalue weighted by Crippen LogP contribution is -2.36. The molecule has 0 saturated carbocycles. The van der Waals surface area contributed by atoms with Crippen LogP contribution in [0.4, 0.5) is 0 Å². The van der Waals surface area contributed by atoms with Crippen LogP contribution in [0, 0.1) is 0 Å². The Bertz CT molecular complexity index is 326. The predicted octanol–water partition coefficient (Wildman–Crippen LogP) is 1.39. The Kier molecular flexibility index (Phi) is 4.95. The molecular weight excluding hydrogens is 206 g/mol. The molecule has 0 radical (unpaired) electrons. The normalized spacial score (nSPS) is 14.4. The van der Waals surface area contributed by atoms with Crippen molar-refractivity contribution in [1.82, 2.24) is 0 Å². The maximum Gasteiger partial charge on any atom is 0.305 e. The molecule has 4 nitrogen and oxygen atoms in total. The minimum Gasteiger partial charge on any atom is -0.481 e. The molecule has 88 valence electrons. The van der Waals surface area contributed by atoms with Gasteiger partial charge in [0.15, 0.2) is 0 Å². The fourth-order valence-electron chi connectivity index (χ4n) is 1.29. The topological polar surface area (TPSA) is 72.5 Å². The first-order valence-electron chi connectivity index (χ1n) is 5.22. The van der Waals surface area contributed by atoms with E-state index in [0.717, 1.165) is 5.56 Å². The summed E-state index contributed by atoms with van der Waals surface area (Å²) in [7, 11) is 0. The van der Waals surface area contributed by atoms with E-state index in [1.807, 2.05) is 30.3 Å². The van der Waals surface area contributed by atoms with Crippen molar-refractivity contribution < 1.29 is 14.6 Å². The number of aliphatic carboxylic acids is 1. The van der Waals surface area contributed by atoms with Gasteiger partial charge in [-0.1, -0.05) is 30.3 Å². The van der Waals surface area contributed by atoms with Gasteiger partial charge in [-0.3, -0.25) is 4.79 Å². The van der Waals surface area contributed by atoms with Gasteiger partial charge >= 0.3 is 5.97 Å². The molecule has 0 spiro atoms. The number of carboxylic acid groups (broad SMARTS) is 1. The second kappa shape index (κ2) is 6.25. The van der Waals surface area contributed by atoms with Crippen LogP contribution in [0.2, 0.25) is 0 Å². The van der Waals surface area contributed by atoms with Crippen LogP contribution >= 0.6 is 0 Å². The quantitative estimate of drug-likeness (QED) is 0.764. The molecule has 0 aromatic heterocycles. The minimum absolute atomic E-state index is 0.0735. The third-order valence-electron chi connectivity index (χ3n) is 2.37. The molecule has 3 N–H and O–H groups in total. The predicted molar refractivity (Wildman–Crippen MR) is 60.9 cm³/mol. The van der Waals surface area contributed by atoms with Crippen molar-refractivity contribution in [3.8, 4) is 0 Å². The molecule has 0 aliphatic rings. The summed E-state index contributed by atoms with van der Waals surface area (Å²) in [5, 5.41) is 8.58. The number of carbonyl (C=O) groups is 1. The van der Waals surface area contributed by atoms with Gasteiger partial charge in [-0.15, -0.1) is 0 Å². The molecule has 0 saturated heterocycles. The summed E-state index contributed by atoms with van der Waals surface area (Å²) in [6, 6.07) is 9.23. The Hall–Kier alpha value is -1.39. The van der Waals surface area contributed by atoms with Gasteiger partial charge in [0.2, 0.25) is 0 Å². The van der Waals surface area contributed by atoms with E-state index in [0.29, 0.717) is 6.61 Å². The van der Waals surface area contributed by atoms with Crippen LogP contribution < -0.4 is 5.73 Å². The van der Waals surface area contributed by atoms with Crippen LogP contribution in [0.5, 0.6) is 0 Å². The zero-order valence-corrected chi connectivity index (χ0v) is 9.30. The van der Waals surface area contributed by atoms with Crippen molar-refractivity contribution in [2.75, 3.05) is 0 Å². The molecular formula is C12H17NO3. The van der Waals surface area contributed by atoms with Gasteiger partial charge in [0, 0.05) is 6.04 Å². The number of ether oxygens (including phenoxy) is 1. The summed E-state index contributed by atoms with van der Waals surface area (Å²) in [6.07, 6.45) is -0.341. The van der Waals surface area contributed by atoms with Crippen molar-refractivity contribution in [2.45, 2.75) is 32.1 Å². The van der Waals surface area contributed by atoms with Gasteiger partial charge in [-0.05, 0) is 12.5 Å². The number of benzene rings is 1. The molecule has 2 atom stereocenters. The Labute approximate surface area is 95.0 Å². The van der Waals surface area contributed by atoms with Crippen LogP contribution in [0.1, 0.15) is 18.9 Å². The van der Waals surface area contributed by atoms with Gasteiger partial charge < -0.3 is 15.6 Å². The number of carboxylic acids is 1. The summed E-state index contributed by atoms with van der Waals surface area (Å²) in [5.41, 5.74) is 6.73. The van der Waals surface area contributed by atoms with Gasteiger partial charge in [0.05, 0.1) is 19.1 Å². The fourth-order valence-corrected chi connectivity index (χ4v) is 1.29. The highest BCUT2D eigenvalue weighted by molar-refractivity contribution is 5.67. The van der Waals surface area contributed by atoms with E-state index in [1.165, 1.54) is 0 Å². The smallest absolute Gasteiger partial charge is 0.305 e. The molecule has 1 aromatic rings. The lowest BCUT2D eigenvalue weighted by molar-refractivity contribution is -0.138. The molecule has 0 fully saturated rings. The first-order chi connectivity index (χ1) is 7.59. The molecule has 0 unspecified atom stereocenters. The van der Waals surface area contributed by atoms with E-state index >= 15 is 0 Å². The largest absolute Gasteiger partial charge is 0.481 e. The molecule has 1 rings (SSSR count). The molecule has 0 aliphatic heterocycles. The van der Waals surface area contributed by atoms with Crippen molar-refractivity contribution >= 4 is 5.97 Å². The van der Waals surface area contributed by atoms with Crippen molar-refractivity contribution in [3.05, 3.63) is 35.9 Å². The van der Waals surface area contributed by atoms with E-state index in [4.69, 9.17) is 15.6 Å². The summed E-state index contributed by atoms with van der Waals surface area (Å²) in [5.74, 6) is -0.900. The summed E-state index contributed by atoms with van der Waals surface area (Å²) in [6.45, 7) is 2.24. The highest BCUT2D eigenvalue weighted by Gasteiger charge is 2.16. The Morgan fingerprint density at radius 1 is 1.44 bits per heavy atom. The average molecular weight is 223 g/mol. The average Bonchev–Trinajstić information content (AvgIpc) is 2.26. The van der Waals surface area contributed by atoms with Gasteiger partial charge in [0.25, 0.3) is 0 Å². The maximum atomic E-state index is 10.5. The standard InChI is InChI=1S/C12H17NO3/c1-9(11(13)7-12(14)15)16-8-10-5-3-2-4-6-10/h2-6,9,11H,7-8,13H2,1H3,(H,14,15)/t9-,11-/m1/s1. The third kappa shape index (κ3) is 4.42. The van der Waals surface area contributed by atoms with Crippen LogP contribution in [0.15, 0.2) is 30.3 Å². The molecule has 4 heteroatoms. The van der Waals surface area contributed by atoms with Crippen LogP contribution in [-0.2, 0) is 16.1 Å². The minimum atomic E-state index is -0.900. The van der Waals surface area contributed by atoms with E-state index in [1.54, 1.807) is 6.92 Å². The lowest BCUT2D eigenvalue weighted by atomic mass is 10.1. The highest BCUT2D eigenvalue weighted by atomic mass is 16.5. The van der Waals surface area contributed by atoms with E-state index in [9.17, 15) is 4.79 Å². The van der Waals surface area contributed by atoms with Crippen molar-refractivity contribution in [2.24, 2.45) is 5.73 Å². The first-order valence-corrected chi connectivity index (χ1v) is 5.22. The van der Waals surface area contributed by atoms with Crippen molar-refractivity contribution in [1.29, 1.82) is 0 Å². The Morgan fingerprint density at radius 2 is 2.06 bits per heavy atom. The van der Waals surface area contributed by atoms with Gasteiger partial charge in [0.1, 0.15) is 0 Å². The summed E-state index contributed by atoms with van der Waals surface area (Å²) >= 11 is 0. The third-order valence-corrected chi connectivity index (χ3v) is 2.37. The summed E-state index contributed by atoms with van der Waals surface area (Å²) < 4.78 is 5.50. The lowest BCUT2D eigenvalue weighted by Gasteiger charge is -2.18. The van der Waals surface area contributed by atoms with E-state index in [-0.39, 0.29) is 12.5 Å². The second-order valence-corrected chi connectivity index (χ2v) is 3.76. The van der Waals surface area contributed by atoms with Crippen LogP contribution in [0.25, 0.3) is 0 Å². The van der Waals surface area contributed by atoms with Crippen LogP contribution in [-0.4, -0.2) is 23.2 Å².